The molecule has 2 fully saturated rings. The zero-order chi connectivity index (χ0) is 8.01. The lowest BCUT2D eigenvalue weighted by Gasteiger charge is -2.16. The Labute approximate surface area is 63.1 Å². The van der Waals surface area contributed by atoms with E-state index in [1.165, 1.54) is 0 Å². The number of carboxylic acids is 1. The highest BCUT2D eigenvalue weighted by Crippen LogP contribution is 2.40. The first-order valence-corrected chi connectivity index (χ1v) is 3.62. The molecular formula is C7H8O4. The summed E-state index contributed by atoms with van der Waals surface area (Å²) in [5.41, 5.74) is 0. The minimum atomic E-state index is -0.867. The molecule has 0 amide bonds. The fourth-order valence-electron chi connectivity index (χ4n) is 1.87. The SMILES string of the molecule is O=C1O[C@@H]2C[C@H]1[C@H](C(=O)O)C2. The molecule has 2 aliphatic rings. The van der Waals surface area contributed by atoms with Gasteiger partial charge in [0.15, 0.2) is 0 Å². The Kier molecular flexibility index (Phi) is 1.19. The molecule has 11 heavy (non-hydrogen) atoms. The number of aliphatic carboxylic acids is 1. The zero-order valence-electron chi connectivity index (χ0n) is 5.82. The van der Waals surface area contributed by atoms with E-state index in [1.807, 2.05) is 0 Å². The molecule has 0 spiro atoms. The molecule has 1 N–H and O–H groups in total. The quantitative estimate of drug-likeness (QED) is 0.544. The van der Waals surface area contributed by atoms with E-state index in [0.717, 1.165) is 0 Å². The Morgan fingerprint density at radius 2 is 2.27 bits per heavy atom. The number of fused-ring (bicyclic) bond motifs is 2. The van der Waals surface area contributed by atoms with Crippen LogP contribution in [0.2, 0.25) is 0 Å². The summed E-state index contributed by atoms with van der Waals surface area (Å²) in [5.74, 6) is -2.04. The molecule has 0 radical (unpaired) electrons. The van der Waals surface area contributed by atoms with Gasteiger partial charge in [-0.1, -0.05) is 0 Å². The number of carbonyl (C=O) groups excluding carboxylic acids is 1. The van der Waals surface area contributed by atoms with Crippen LogP contribution in [0, 0.1) is 11.8 Å². The van der Waals surface area contributed by atoms with E-state index < -0.39 is 11.9 Å². The summed E-state index contributed by atoms with van der Waals surface area (Å²) in [4.78, 5) is 21.4. The van der Waals surface area contributed by atoms with Crippen molar-refractivity contribution in [2.45, 2.75) is 18.9 Å². The van der Waals surface area contributed by atoms with E-state index in [9.17, 15) is 9.59 Å². The second-order valence-corrected chi connectivity index (χ2v) is 3.08. The van der Waals surface area contributed by atoms with Gasteiger partial charge in [0.1, 0.15) is 6.10 Å². The fourth-order valence-corrected chi connectivity index (χ4v) is 1.87. The Balaban J connectivity index is 2.18. The third kappa shape index (κ3) is 0.818. The molecule has 1 aliphatic carbocycles. The van der Waals surface area contributed by atoms with Gasteiger partial charge < -0.3 is 9.84 Å². The second kappa shape index (κ2) is 1.96. The van der Waals surface area contributed by atoms with Crippen molar-refractivity contribution in [1.29, 1.82) is 0 Å². The lowest BCUT2D eigenvalue weighted by molar-refractivity contribution is -0.158. The maximum absolute atomic E-state index is 10.9. The summed E-state index contributed by atoms with van der Waals surface area (Å²) >= 11 is 0. The predicted octanol–water partition coefficient (Wildman–Crippen LogP) is 0.0226. The van der Waals surface area contributed by atoms with Crippen LogP contribution < -0.4 is 0 Å². The van der Waals surface area contributed by atoms with Crippen LogP contribution in [0.3, 0.4) is 0 Å². The Morgan fingerprint density at radius 3 is 2.64 bits per heavy atom. The predicted molar refractivity (Wildman–Crippen MR) is 33.7 cm³/mol. The third-order valence-corrected chi connectivity index (χ3v) is 2.42. The van der Waals surface area contributed by atoms with Gasteiger partial charge in [-0.05, 0) is 12.8 Å². The van der Waals surface area contributed by atoms with Crippen LogP contribution in [0.15, 0.2) is 0 Å². The molecule has 60 valence electrons. The lowest BCUT2D eigenvalue weighted by Crippen LogP contribution is -2.28. The average molecular weight is 156 g/mol. The Morgan fingerprint density at radius 1 is 1.55 bits per heavy atom. The summed E-state index contributed by atoms with van der Waals surface area (Å²) in [6.07, 6.45) is 0.996. The van der Waals surface area contributed by atoms with Gasteiger partial charge in [-0.2, -0.15) is 0 Å². The van der Waals surface area contributed by atoms with E-state index in [4.69, 9.17) is 9.84 Å². The van der Waals surface area contributed by atoms with Crippen molar-refractivity contribution in [3.8, 4) is 0 Å². The van der Waals surface area contributed by atoms with E-state index >= 15 is 0 Å². The van der Waals surface area contributed by atoms with Crippen LogP contribution >= 0.6 is 0 Å². The van der Waals surface area contributed by atoms with Crippen LogP contribution in [0.4, 0.5) is 0 Å². The molecule has 0 aromatic carbocycles. The Bertz CT molecular complexity index is 222. The molecule has 4 heteroatoms. The molecule has 2 rings (SSSR count). The Hall–Kier alpha value is -1.06. The minimum Gasteiger partial charge on any atom is -0.481 e. The fraction of sp³-hybridized carbons (Fsp3) is 0.714. The lowest BCUT2D eigenvalue weighted by atomic mass is 9.96. The summed E-state index contributed by atoms with van der Waals surface area (Å²) in [6.45, 7) is 0. The topological polar surface area (TPSA) is 63.6 Å². The van der Waals surface area contributed by atoms with Gasteiger partial charge in [0.05, 0.1) is 11.8 Å². The molecule has 1 saturated carbocycles. The number of rotatable bonds is 1. The normalized spacial score (nSPS) is 40.7. The van der Waals surface area contributed by atoms with Crippen LogP contribution in [-0.4, -0.2) is 23.1 Å². The molecule has 0 aromatic rings. The summed E-state index contributed by atoms with van der Waals surface area (Å²) in [6, 6.07) is 0. The summed E-state index contributed by atoms with van der Waals surface area (Å²) < 4.78 is 4.84. The standard InChI is InChI=1S/C7H8O4/c8-6(9)4-1-3-2-5(4)7(10)11-3/h3-5H,1-2H2,(H,8,9)/t3-,4+,5-/m0/s1. The summed E-state index contributed by atoms with van der Waals surface area (Å²) in [7, 11) is 0. The van der Waals surface area contributed by atoms with E-state index in [2.05, 4.69) is 0 Å². The molecule has 3 atom stereocenters. The number of ether oxygens (including phenoxy) is 1. The minimum absolute atomic E-state index is 0.117. The first-order valence-electron chi connectivity index (χ1n) is 3.62. The highest BCUT2D eigenvalue weighted by Gasteiger charge is 2.50. The number of carboxylic acid groups (broad SMARTS) is 1. The van der Waals surface area contributed by atoms with Crippen molar-refractivity contribution in [1.82, 2.24) is 0 Å². The first kappa shape index (κ1) is 6.64. The largest absolute Gasteiger partial charge is 0.481 e. The van der Waals surface area contributed by atoms with Gasteiger partial charge >= 0.3 is 11.9 Å². The van der Waals surface area contributed by atoms with Gasteiger partial charge in [0, 0.05) is 0 Å². The molecule has 1 heterocycles. The number of carbonyl (C=O) groups is 2. The van der Waals surface area contributed by atoms with Gasteiger partial charge in [0.2, 0.25) is 0 Å². The monoisotopic (exact) mass is 156 g/mol. The second-order valence-electron chi connectivity index (χ2n) is 3.08. The van der Waals surface area contributed by atoms with Crippen molar-refractivity contribution in [3.05, 3.63) is 0 Å². The van der Waals surface area contributed by atoms with Crippen LogP contribution in [0.25, 0.3) is 0 Å². The molecular weight excluding hydrogens is 148 g/mol. The maximum Gasteiger partial charge on any atom is 0.310 e. The van der Waals surface area contributed by atoms with Gasteiger partial charge in [-0.15, -0.1) is 0 Å². The molecule has 2 bridgehead atoms. The van der Waals surface area contributed by atoms with E-state index in [1.54, 1.807) is 0 Å². The molecule has 4 nitrogen and oxygen atoms in total. The molecule has 0 aromatic heterocycles. The highest BCUT2D eigenvalue weighted by molar-refractivity contribution is 5.84. The third-order valence-electron chi connectivity index (χ3n) is 2.42. The zero-order valence-corrected chi connectivity index (χ0v) is 5.82. The van der Waals surface area contributed by atoms with Gasteiger partial charge in [-0.25, -0.2) is 0 Å². The average Bonchev–Trinajstić information content (AvgIpc) is 2.43. The molecule has 0 unspecified atom stereocenters. The highest BCUT2D eigenvalue weighted by atomic mass is 16.6. The number of esters is 1. The van der Waals surface area contributed by atoms with Crippen molar-refractivity contribution < 1.29 is 19.4 Å². The van der Waals surface area contributed by atoms with Crippen LogP contribution in [0.1, 0.15) is 12.8 Å². The first-order chi connectivity index (χ1) is 5.18. The van der Waals surface area contributed by atoms with Gasteiger partial charge in [-0.3, -0.25) is 9.59 Å². The van der Waals surface area contributed by atoms with E-state index in [-0.39, 0.29) is 18.0 Å². The van der Waals surface area contributed by atoms with Crippen molar-refractivity contribution >= 4 is 11.9 Å². The smallest absolute Gasteiger partial charge is 0.310 e. The van der Waals surface area contributed by atoms with Crippen LogP contribution in [0.5, 0.6) is 0 Å². The van der Waals surface area contributed by atoms with E-state index in [0.29, 0.717) is 12.8 Å². The van der Waals surface area contributed by atoms with Crippen molar-refractivity contribution in [2.75, 3.05) is 0 Å². The maximum atomic E-state index is 10.9. The van der Waals surface area contributed by atoms with Gasteiger partial charge in [0.25, 0.3) is 0 Å². The van der Waals surface area contributed by atoms with Crippen molar-refractivity contribution in [2.24, 2.45) is 11.8 Å². The molecule has 1 saturated heterocycles. The number of hydrogen-bond acceptors (Lipinski definition) is 3. The summed E-state index contributed by atoms with van der Waals surface area (Å²) in [5, 5.41) is 8.65. The van der Waals surface area contributed by atoms with Crippen LogP contribution in [-0.2, 0) is 14.3 Å². The number of hydrogen-bond donors (Lipinski definition) is 1. The van der Waals surface area contributed by atoms with Crippen molar-refractivity contribution in [3.63, 3.8) is 0 Å². The molecule has 1 aliphatic heterocycles.